The van der Waals surface area contributed by atoms with Gasteiger partial charge in [0.1, 0.15) is 0 Å². The molecule has 6 heteroatoms. The van der Waals surface area contributed by atoms with Crippen LogP contribution in [0.4, 0.5) is 0 Å². The summed E-state index contributed by atoms with van der Waals surface area (Å²) >= 11 is 0. The van der Waals surface area contributed by atoms with Crippen LogP contribution in [0.5, 0.6) is 0 Å². The van der Waals surface area contributed by atoms with Crippen molar-refractivity contribution in [3.8, 4) is 0 Å². The lowest BCUT2D eigenvalue weighted by atomic mass is 10.0. The Kier molecular flexibility index (Phi) is 5.50. The summed E-state index contributed by atoms with van der Waals surface area (Å²) in [5.41, 5.74) is 0.983. The number of carboxylic acids is 1. The molecule has 0 aliphatic carbocycles. The molecule has 0 heterocycles. The lowest BCUT2D eigenvalue weighted by Gasteiger charge is -2.13. The van der Waals surface area contributed by atoms with E-state index in [1.54, 1.807) is 12.1 Å². The summed E-state index contributed by atoms with van der Waals surface area (Å²) in [6.45, 7) is 3.86. The Balaban J connectivity index is 2.69. The first-order chi connectivity index (χ1) is 8.85. The van der Waals surface area contributed by atoms with Gasteiger partial charge in [0, 0.05) is 13.0 Å². The Morgan fingerprint density at radius 2 is 1.89 bits per heavy atom. The van der Waals surface area contributed by atoms with E-state index in [-0.39, 0.29) is 23.8 Å². The van der Waals surface area contributed by atoms with Gasteiger partial charge in [-0.15, -0.1) is 0 Å². The molecular formula is C13H19NO4S. The monoisotopic (exact) mass is 285 g/mol. The van der Waals surface area contributed by atoms with Crippen LogP contribution in [0.3, 0.4) is 0 Å². The topological polar surface area (TPSA) is 83.5 Å². The van der Waals surface area contributed by atoms with Crippen LogP contribution in [0.25, 0.3) is 0 Å². The molecule has 0 aliphatic heterocycles. The highest BCUT2D eigenvalue weighted by molar-refractivity contribution is 7.89. The summed E-state index contributed by atoms with van der Waals surface area (Å²) in [5.74, 6) is -1.11. The molecule has 0 aliphatic rings. The molecule has 1 atom stereocenters. The van der Waals surface area contributed by atoms with E-state index >= 15 is 0 Å². The lowest BCUT2D eigenvalue weighted by molar-refractivity contribution is -0.138. The average molecular weight is 285 g/mol. The number of hydrogen-bond donors (Lipinski definition) is 2. The number of aliphatic carboxylic acids is 1. The van der Waals surface area contributed by atoms with E-state index in [1.807, 2.05) is 13.8 Å². The summed E-state index contributed by atoms with van der Waals surface area (Å²) in [6, 6.07) is 6.53. The molecule has 106 valence electrons. The van der Waals surface area contributed by atoms with Crippen molar-refractivity contribution in [2.75, 3.05) is 6.54 Å². The number of carbonyl (C=O) groups is 1. The quantitative estimate of drug-likeness (QED) is 0.799. The van der Waals surface area contributed by atoms with Gasteiger partial charge >= 0.3 is 5.97 Å². The molecule has 0 fully saturated rings. The third-order valence-corrected chi connectivity index (χ3v) is 4.37. The Hall–Kier alpha value is -1.40. The Bertz CT molecular complexity index is 522. The van der Waals surface area contributed by atoms with Crippen LogP contribution in [-0.4, -0.2) is 26.0 Å². The molecule has 0 amide bonds. The number of sulfonamides is 1. The van der Waals surface area contributed by atoms with Gasteiger partial charge in [0.2, 0.25) is 10.0 Å². The van der Waals surface area contributed by atoms with E-state index in [9.17, 15) is 13.2 Å². The molecule has 1 aromatic carbocycles. The Morgan fingerprint density at radius 1 is 1.32 bits per heavy atom. The fourth-order valence-electron chi connectivity index (χ4n) is 1.64. The molecule has 0 bridgehead atoms. The highest BCUT2D eigenvalue weighted by atomic mass is 32.2. The van der Waals surface area contributed by atoms with Gasteiger partial charge in [0.05, 0.1) is 4.90 Å². The molecule has 0 saturated carbocycles. The first-order valence-electron chi connectivity index (χ1n) is 6.13. The first-order valence-corrected chi connectivity index (χ1v) is 7.61. The van der Waals surface area contributed by atoms with Gasteiger partial charge in [0.15, 0.2) is 0 Å². The SMILES string of the molecule is CCC(CNS(=O)(=O)c1ccc(C)cc1)CC(=O)O. The standard InChI is InChI=1S/C13H19NO4S/c1-3-11(8-13(15)16)9-14-19(17,18)12-6-4-10(2)5-7-12/h4-7,11,14H,3,8-9H2,1-2H3,(H,15,16). The van der Waals surface area contributed by atoms with E-state index in [4.69, 9.17) is 5.11 Å². The first kappa shape index (κ1) is 15.7. The maximum absolute atomic E-state index is 12.0. The minimum Gasteiger partial charge on any atom is -0.481 e. The number of nitrogens with one attached hydrogen (secondary N) is 1. The molecular weight excluding hydrogens is 266 g/mol. The van der Waals surface area contributed by atoms with E-state index in [0.29, 0.717) is 6.42 Å². The number of rotatable bonds is 7. The van der Waals surface area contributed by atoms with Crippen molar-refractivity contribution in [3.63, 3.8) is 0 Å². The van der Waals surface area contributed by atoms with Gasteiger partial charge in [-0.1, -0.05) is 31.0 Å². The third-order valence-electron chi connectivity index (χ3n) is 2.93. The van der Waals surface area contributed by atoms with Gasteiger partial charge in [-0.25, -0.2) is 13.1 Å². The fourth-order valence-corrected chi connectivity index (χ4v) is 2.75. The molecule has 19 heavy (non-hydrogen) atoms. The van der Waals surface area contributed by atoms with Gasteiger partial charge < -0.3 is 5.11 Å². The molecule has 2 N–H and O–H groups in total. The van der Waals surface area contributed by atoms with E-state index in [2.05, 4.69) is 4.72 Å². The van der Waals surface area contributed by atoms with Crippen molar-refractivity contribution in [2.45, 2.75) is 31.6 Å². The molecule has 1 aromatic rings. The van der Waals surface area contributed by atoms with Crippen LogP contribution in [0, 0.1) is 12.8 Å². The van der Waals surface area contributed by atoms with Crippen LogP contribution in [0.2, 0.25) is 0 Å². The minimum atomic E-state index is -3.56. The van der Waals surface area contributed by atoms with Crippen LogP contribution < -0.4 is 4.72 Å². The molecule has 0 radical (unpaired) electrons. The van der Waals surface area contributed by atoms with Crippen LogP contribution in [0.1, 0.15) is 25.3 Å². The number of aryl methyl sites for hydroxylation is 1. The largest absolute Gasteiger partial charge is 0.481 e. The van der Waals surface area contributed by atoms with Crippen molar-refractivity contribution in [2.24, 2.45) is 5.92 Å². The number of hydrogen-bond acceptors (Lipinski definition) is 3. The Labute approximate surface area is 113 Å². The smallest absolute Gasteiger partial charge is 0.303 e. The molecule has 1 rings (SSSR count). The second kappa shape index (κ2) is 6.68. The highest BCUT2D eigenvalue weighted by Gasteiger charge is 2.17. The van der Waals surface area contributed by atoms with E-state index < -0.39 is 16.0 Å². The second-order valence-corrected chi connectivity index (χ2v) is 6.30. The fraction of sp³-hybridized carbons (Fsp3) is 0.462. The highest BCUT2D eigenvalue weighted by Crippen LogP contribution is 2.12. The van der Waals surface area contributed by atoms with E-state index in [1.165, 1.54) is 12.1 Å². The molecule has 1 unspecified atom stereocenters. The van der Waals surface area contributed by atoms with Crippen molar-refractivity contribution < 1.29 is 18.3 Å². The van der Waals surface area contributed by atoms with Crippen LogP contribution in [-0.2, 0) is 14.8 Å². The third kappa shape index (κ3) is 5.00. The Morgan fingerprint density at radius 3 is 2.37 bits per heavy atom. The maximum atomic E-state index is 12.0. The summed E-state index contributed by atoms with van der Waals surface area (Å²) < 4.78 is 26.4. The second-order valence-electron chi connectivity index (χ2n) is 4.54. The zero-order valence-corrected chi connectivity index (χ0v) is 11.9. The van der Waals surface area contributed by atoms with Crippen molar-refractivity contribution in [3.05, 3.63) is 29.8 Å². The molecule has 0 aromatic heterocycles. The summed E-state index contributed by atoms with van der Waals surface area (Å²) in [6.07, 6.45) is 0.579. The van der Waals surface area contributed by atoms with Crippen LogP contribution in [0.15, 0.2) is 29.2 Å². The lowest BCUT2D eigenvalue weighted by Crippen LogP contribution is -2.30. The molecule has 0 saturated heterocycles. The van der Waals surface area contributed by atoms with Crippen molar-refractivity contribution in [1.29, 1.82) is 0 Å². The van der Waals surface area contributed by atoms with Gasteiger partial charge in [0.25, 0.3) is 0 Å². The number of carboxylic acid groups (broad SMARTS) is 1. The zero-order chi connectivity index (χ0) is 14.5. The van der Waals surface area contributed by atoms with E-state index in [0.717, 1.165) is 5.56 Å². The predicted octanol–water partition coefficient (Wildman–Crippen LogP) is 1.77. The molecule has 5 nitrogen and oxygen atoms in total. The number of benzene rings is 1. The van der Waals surface area contributed by atoms with Crippen LogP contribution >= 0.6 is 0 Å². The van der Waals surface area contributed by atoms with Gasteiger partial charge in [-0.2, -0.15) is 0 Å². The molecule has 0 spiro atoms. The minimum absolute atomic E-state index is 0.0348. The van der Waals surface area contributed by atoms with Crippen molar-refractivity contribution >= 4 is 16.0 Å². The van der Waals surface area contributed by atoms with Gasteiger partial charge in [-0.3, -0.25) is 4.79 Å². The summed E-state index contributed by atoms with van der Waals surface area (Å²) in [4.78, 5) is 10.8. The summed E-state index contributed by atoms with van der Waals surface area (Å²) in [5, 5.41) is 8.71. The average Bonchev–Trinajstić information content (AvgIpc) is 2.34. The predicted molar refractivity (Wildman–Crippen MR) is 72.4 cm³/mol. The summed E-state index contributed by atoms with van der Waals surface area (Å²) in [7, 11) is -3.56. The normalized spacial score (nSPS) is 13.2. The zero-order valence-electron chi connectivity index (χ0n) is 11.1. The maximum Gasteiger partial charge on any atom is 0.303 e. The van der Waals surface area contributed by atoms with Crippen molar-refractivity contribution in [1.82, 2.24) is 4.72 Å². The van der Waals surface area contributed by atoms with Gasteiger partial charge in [-0.05, 0) is 25.0 Å².